The highest BCUT2D eigenvalue weighted by Gasteiger charge is 2.44. The van der Waals surface area contributed by atoms with Gasteiger partial charge in [0.05, 0.1) is 5.92 Å². The Morgan fingerprint density at radius 1 is 1.11 bits per heavy atom. The van der Waals surface area contributed by atoms with E-state index in [9.17, 15) is 9.90 Å². The summed E-state index contributed by atoms with van der Waals surface area (Å²) in [5.41, 5.74) is -0.0374. The predicted molar refractivity (Wildman–Crippen MR) is 83.0 cm³/mol. The van der Waals surface area contributed by atoms with E-state index in [1.807, 2.05) is 0 Å². The van der Waals surface area contributed by atoms with Crippen molar-refractivity contribution in [3.05, 3.63) is 0 Å². The molecule has 0 aromatic carbocycles. The summed E-state index contributed by atoms with van der Waals surface area (Å²) in [5.74, 6) is -0.927. The van der Waals surface area contributed by atoms with Crippen LogP contribution in [0.2, 0.25) is 0 Å². The number of hydrogen-bond acceptors (Lipinski definition) is 2. The van der Waals surface area contributed by atoms with Crippen LogP contribution in [-0.4, -0.2) is 28.8 Å². The number of rotatable bonds is 1. The highest BCUT2D eigenvalue weighted by atomic mass is 31.0. The molecule has 0 aromatic heterocycles. The van der Waals surface area contributed by atoms with Crippen molar-refractivity contribution in [1.29, 1.82) is 0 Å². The molecule has 0 aromatic rings. The average molecular weight is 287 g/mol. The summed E-state index contributed by atoms with van der Waals surface area (Å²) in [6.07, 6.45) is 1.66. The number of hydrogen-bond donors (Lipinski definition) is 1. The molecular weight excluding hydrogens is 257 g/mol. The van der Waals surface area contributed by atoms with Gasteiger partial charge in [0.2, 0.25) is 0 Å². The van der Waals surface area contributed by atoms with Crippen LogP contribution in [0.15, 0.2) is 0 Å². The van der Waals surface area contributed by atoms with Crippen molar-refractivity contribution in [2.45, 2.75) is 54.4 Å². The third-order valence-electron chi connectivity index (χ3n) is 4.19. The number of carbonyl (C=O) groups is 1. The van der Waals surface area contributed by atoms with Crippen LogP contribution in [0.5, 0.6) is 0 Å². The first kappa shape index (κ1) is 16.9. The highest BCUT2D eigenvalue weighted by Crippen LogP contribution is 2.46. The second-order valence-electron chi connectivity index (χ2n) is 8.49. The molecule has 19 heavy (non-hydrogen) atoms. The smallest absolute Gasteiger partial charge is 0.307 e. The Kier molecular flexibility index (Phi) is 4.75. The molecule has 3 nitrogen and oxygen atoms in total. The van der Waals surface area contributed by atoms with Crippen molar-refractivity contribution < 1.29 is 9.90 Å². The van der Waals surface area contributed by atoms with Crippen LogP contribution in [0.25, 0.3) is 0 Å². The second-order valence-corrected chi connectivity index (χ2v) is 9.22. The summed E-state index contributed by atoms with van der Waals surface area (Å²) in [5, 5.41) is 9.63. The Morgan fingerprint density at radius 2 is 1.58 bits per heavy atom. The quantitative estimate of drug-likeness (QED) is 0.748. The zero-order valence-electron chi connectivity index (χ0n) is 13.3. The first-order valence-corrected chi connectivity index (χ1v) is 7.59. The minimum atomic E-state index is -0.647. The van der Waals surface area contributed by atoms with E-state index >= 15 is 0 Å². The van der Waals surface area contributed by atoms with Crippen molar-refractivity contribution in [2.75, 3.05) is 13.1 Å². The SMILES string of the molecule is CC1(C)CC(C(=O)O)C(C)(C)CC(C)(C)CN(P)C1. The Morgan fingerprint density at radius 3 is 2.05 bits per heavy atom. The Balaban J connectivity index is 3.15. The fraction of sp³-hybridized carbons (Fsp3) is 0.933. The number of carboxylic acid groups (broad SMARTS) is 1. The minimum Gasteiger partial charge on any atom is -0.481 e. The van der Waals surface area contributed by atoms with Gasteiger partial charge < -0.3 is 5.11 Å². The van der Waals surface area contributed by atoms with Crippen molar-refractivity contribution in [2.24, 2.45) is 22.2 Å². The Hall–Kier alpha value is -0.140. The van der Waals surface area contributed by atoms with Crippen LogP contribution in [0.3, 0.4) is 0 Å². The van der Waals surface area contributed by atoms with Crippen molar-refractivity contribution in [3.8, 4) is 0 Å². The van der Waals surface area contributed by atoms with E-state index in [1.165, 1.54) is 0 Å². The maximum atomic E-state index is 11.7. The van der Waals surface area contributed by atoms with Gasteiger partial charge in [-0.1, -0.05) is 50.9 Å². The first-order chi connectivity index (χ1) is 8.35. The minimum absolute atomic E-state index is 0.0164. The average Bonchev–Trinajstić information content (AvgIpc) is 2.09. The molecule has 2 unspecified atom stereocenters. The van der Waals surface area contributed by atoms with Crippen molar-refractivity contribution >= 4 is 15.4 Å². The van der Waals surface area contributed by atoms with E-state index < -0.39 is 5.97 Å². The van der Waals surface area contributed by atoms with Gasteiger partial charge in [0.25, 0.3) is 0 Å². The van der Waals surface area contributed by atoms with E-state index in [1.54, 1.807) is 0 Å². The molecule has 1 fully saturated rings. The van der Waals surface area contributed by atoms with Crippen LogP contribution in [-0.2, 0) is 4.79 Å². The largest absolute Gasteiger partial charge is 0.481 e. The van der Waals surface area contributed by atoms with Crippen LogP contribution < -0.4 is 0 Å². The van der Waals surface area contributed by atoms with Gasteiger partial charge in [0.1, 0.15) is 0 Å². The fourth-order valence-corrected chi connectivity index (χ4v) is 4.87. The summed E-state index contributed by atoms with van der Waals surface area (Å²) in [7, 11) is 2.81. The molecule has 1 aliphatic rings. The lowest BCUT2D eigenvalue weighted by atomic mass is 9.65. The van der Waals surface area contributed by atoms with Gasteiger partial charge in [-0.15, -0.1) is 0 Å². The van der Waals surface area contributed by atoms with Gasteiger partial charge in [-0.05, 0) is 29.1 Å². The molecular formula is C15H30NO2P. The summed E-state index contributed by atoms with van der Waals surface area (Å²) >= 11 is 0. The molecule has 1 rings (SSSR count). The molecule has 0 aliphatic carbocycles. The van der Waals surface area contributed by atoms with E-state index in [-0.39, 0.29) is 22.2 Å². The lowest BCUT2D eigenvalue weighted by molar-refractivity contribution is -0.148. The monoisotopic (exact) mass is 287 g/mol. The van der Waals surface area contributed by atoms with Crippen molar-refractivity contribution in [1.82, 2.24) is 4.67 Å². The van der Waals surface area contributed by atoms with Crippen LogP contribution in [0.1, 0.15) is 54.4 Å². The van der Waals surface area contributed by atoms with E-state index in [0.29, 0.717) is 0 Å². The molecule has 0 saturated carbocycles. The first-order valence-electron chi connectivity index (χ1n) is 7.07. The summed E-state index contributed by atoms with van der Waals surface area (Å²) < 4.78 is 2.28. The lowest BCUT2D eigenvalue weighted by Gasteiger charge is -2.39. The zero-order valence-corrected chi connectivity index (χ0v) is 14.4. The standard InChI is InChI=1S/C15H30NO2P/c1-13(2)7-11(12(17)18)15(5,6)8-14(3,4)10-16(19)9-13/h11H,7-10,19H2,1-6H3,(H,17,18). The molecule has 0 radical (unpaired) electrons. The summed E-state index contributed by atoms with van der Waals surface area (Å²) in [4.78, 5) is 11.7. The predicted octanol–water partition coefficient (Wildman–Crippen LogP) is 3.65. The number of carboxylic acids is 1. The lowest BCUT2D eigenvalue weighted by Crippen LogP contribution is -2.37. The molecule has 1 N–H and O–H groups in total. The van der Waals surface area contributed by atoms with Gasteiger partial charge >= 0.3 is 5.97 Å². The fourth-order valence-electron chi connectivity index (χ4n) is 3.88. The highest BCUT2D eigenvalue weighted by molar-refractivity contribution is 7.13. The number of aliphatic carboxylic acids is 1. The van der Waals surface area contributed by atoms with Crippen LogP contribution in [0.4, 0.5) is 0 Å². The maximum absolute atomic E-state index is 11.7. The summed E-state index contributed by atoms with van der Waals surface area (Å²) in [6, 6.07) is 0. The van der Waals surface area contributed by atoms with Gasteiger partial charge in [-0.2, -0.15) is 0 Å². The molecule has 112 valence electrons. The molecule has 1 heterocycles. The third kappa shape index (κ3) is 4.72. The van der Waals surface area contributed by atoms with Crippen LogP contribution in [0, 0.1) is 22.2 Å². The molecule has 4 heteroatoms. The molecule has 0 bridgehead atoms. The normalized spacial score (nSPS) is 31.0. The van der Waals surface area contributed by atoms with E-state index in [4.69, 9.17) is 0 Å². The van der Waals surface area contributed by atoms with E-state index in [0.717, 1.165) is 25.9 Å². The molecule has 0 amide bonds. The van der Waals surface area contributed by atoms with Gasteiger partial charge in [-0.3, -0.25) is 9.46 Å². The molecule has 0 spiro atoms. The molecule has 1 saturated heterocycles. The molecule has 2 atom stereocenters. The summed E-state index contributed by atoms with van der Waals surface area (Å²) in [6.45, 7) is 15.0. The van der Waals surface area contributed by atoms with Crippen LogP contribution >= 0.6 is 9.39 Å². The van der Waals surface area contributed by atoms with Gasteiger partial charge in [0.15, 0.2) is 0 Å². The topological polar surface area (TPSA) is 40.5 Å². The van der Waals surface area contributed by atoms with Crippen molar-refractivity contribution in [3.63, 3.8) is 0 Å². The third-order valence-corrected chi connectivity index (χ3v) is 4.56. The Bertz CT molecular complexity index is 350. The second kappa shape index (κ2) is 5.33. The molecule has 1 aliphatic heterocycles. The van der Waals surface area contributed by atoms with Gasteiger partial charge in [0, 0.05) is 13.1 Å². The number of nitrogens with zero attached hydrogens (tertiary/aromatic N) is 1. The maximum Gasteiger partial charge on any atom is 0.307 e. The zero-order chi connectivity index (χ0) is 15.1. The Labute approximate surface area is 120 Å². The van der Waals surface area contributed by atoms with Gasteiger partial charge in [-0.25, -0.2) is 0 Å². The van der Waals surface area contributed by atoms with E-state index in [2.05, 4.69) is 55.6 Å².